The van der Waals surface area contributed by atoms with E-state index in [1.807, 2.05) is 0 Å². The number of nitrogens with two attached hydrogens (primary N) is 1. The van der Waals surface area contributed by atoms with E-state index in [1.165, 1.54) is 24.5 Å². The lowest BCUT2D eigenvalue weighted by Crippen LogP contribution is -2.40. The van der Waals surface area contributed by atoms with Crippen molar-refractivity contribution in [3.05, 3.63) is 35.9 Å². The van der Waals surface area contributed by atoms with E-state index in [-0.39, 0.29) is 42.3 Å². The first-order valence-corrected chi connectivity index (χ1v) is 7.07. The molecule has 1 heterocycles. The van der Waals surface area contributed by atoms with Crippen LogP contribution >= 0.6 is 24.8 Å². The molecule has 0 fully saturated rings. The molecule has 1 amide bonds. The van der Waals surface area contributed by atoms with Crippen molar-refractivity contribution in [2.24, 2.45) is 5.73 Å². The van der Waals surface area contributed by atoms with Gasteiger partial charge in [0.1, 0.15) is 11.3 Å². The normalized spacial score (nSPS) is 11.3. The molecule has 128 valence electrons. The van der Waals surface area contributed by atoms with Gasteiger partial charge in [-0.05, 0) is 12.5 Å². The molecule has 0 saturated heterocycles. The maximum absolute atomic E-state index is 13.6. The smallest absolute Gasteiger partial charge is 0.253 e. The van der Waals surface area contributed by atoms with E-state index in [9.17, 15) is 9.18 Å². The molecule has 8 heteroatoms. The summed E-state index contributed by atoms with van der Waals surface area (Å²) >= 11 is 0. The van der Waals surface area contributed by atoms with E-state index in [2.05, 4.69) is 22.2 Å². The number of fused-ring (bicyclic) bond motifs is 1. The van der Waals surface area contributed by atoms with Gasteiger partial charge in [0.05, 0.1) is 11.1 Å². The lowest BCUT2D eigenvalue weighted by atomic mass is 10.1. The molecule has 0 aliphatic heterocycles. The molecule has 0 bridgehead atoms. The Kier molecular flexibility index (Phi) is 9.64. The number of rotatable bonds is 6. The zero-order chi connectivity index (χ0) is 15.2. The fourth-order valence-corrected chi connectivity index (χ4v) is 2.18. The maximum Gasteiger partial charge on any atom is 0.253 e. The molecule has 0 aliphatic rings. The van der Waals surface area contributed by atoms with Crippen molar-refractivity contribution in [1.29, 1.82) is 0 Å². The van der Waals surface area contributed by atoms with Crippen LogP contribution in [0.5, 0.6) is 0 Å². The van der Waals surface area contributed by atoms with Gasteiger partial charge < -0.3 is 11.1 Å². The minimum atomic E-state index is -0.508. The SMILES string of the molecule is CCCCC(CN)NC(=O)c1cc(F)cc2nccnc12.Cl.Cl. The summed E-state index contributed by atoms with van der Waals surface area (Å²) in [6.45, 7) is 2.43. The summed E-state index contributed by atoms with van der Waals surface area (Å²) in [5, 5.41) is 2.84. The van der Waals surface area contributed by atoms with Crippen molar-refractivity contribution in [1.82, 2.24) is 15.3 Å². The molecular weight excluding hydrogens is 342 g/mol. The molecule has 0 radical (unpaired) electrons. The average molecular weight is 363 g/mol. The molecule has 2 rings (SSSR count). The number of hydrogen-bond donors (Lipinski definition) is 2. The van der Waals surface area contributed by atoms with Crippen LogP contribution in [-0.4, -0.2) is 28.5 Å². The molecule has 0 saturated carbocycles. The van der Waals surface area contributed by atoms with E-state index >= 15 is 0 Å². The summed E-state index contributed by atoms with van der Waals surface area (Å²) in [5.74, 6) is -0.877. The number of unbranched alkanes of at least 4 members (excludes halogenated alkanes) is 1. The molecule has 1 aromatic carbocycles. The molecule has 2 aromatic rings. The van der Waals surface area contributed by atoms with Crippen LogP contribution in [0.1, 0.15) is 36.5 Å². The van der Waals surface area contributed by atoms with Crippen LogP contribution in [0.4, 0.5) is 4.39 Å². The van der Waals surface area contributed by atoms with Crippen molar-refractivity contribution >= 4 is 41.8 Å². The predicted molar refractivity (Wildman–Crippen MR) is 93.8 cm³/mol. The first-order chi connectivity index (χ1) is 10.2. The molecular formula is C15H21Cl2FN4O. The Balaban J connectivity index is 0.00000242. The third-order valence-corrected chi connectivity index (χ3v) is 3.31. The number of hydrogen-bond acceptors (Lipinski definition) is 4. The van der Waals surface area contributed by atoms with Gasteiger partial charge in [0.25, 0.3) is 5.91 Å². The Hall–Kier alpha value is -1.50. The van der Waals surface area contributed by atoms with Gasteiger partial charge in [0.2, 0.25) is 0 Å². The number of benzene rings is 1. The molecule has 23 heavy (non-hydrogen) atoms. The first kappa shape index (κ1) is 21.5. The second-order valence-corrected chi connectivity index (χ2v) is 4.93. The highest BCUT2D eigenvalue weighted by Crippen LogP contribution is 2.16. The van der Waals surface area contributed by atoms with Crippen molar-refractivity contribution < 1.29 is 9.18 Å². The number of amides is 1. The maximum atomic E-state index is 13.6. The highest BCUT2D eigenvalue weighted by Gasteiger charge is 2.17. The Bertz CT molecular complexity index is 642. The van der Waals surface area contributed by atoms with Crippen LogP contribution in [0.3, 0.4) is 0 Å². The van der Waals surface area contributed by atoms with Crippen molar-refractivity contribution in [3.63, 3.8) is 0 Å². The molecule has 1 atom stereocenters. The second kappa shape index (κ2) is 10.3. The molecule has 5 nitrogen and oxygen atoms in total. The lowest BCUT2D eigenvalue weighted by Gasteiger charge is -2.17. The predicted octanol–water partition coefficient (Wildman–Crippen LogP) is 2.86. The van der Waals surface area contributed by atoms with E-state index in [1.54, 1.807) is 0 Å². The van der Waals surface area contributed by atoms with Gasteiger partial charge in [-0.3, -0.25) is 14.8 Å². The topological polar surface area (TPSA) is 80.9 Å². The quantitative estimate of drug-likeness (QED) is 0.827. The zero-order valence-electron chi connectivity index (χ0n) is 12.8. The molecule has 1 aromatic heterocycles. The fourth-order valence-electron chi connectivity index (χ4n) is 2.18. The van der Waals surface area contributed by atoms with Crippen molar-refractivity contribution in [3.8, 4) is 0 Å². The number of carbonyl (C=O) groups excluding carboxylic acids is 1. The Morgan fingerprint density at radius 1 is 1.30 bits per heavy atom. The summed E-state index contributed by atoms with van der Waals surface area (Å²) in [5.41, 5.74) is 6.61. The van der Waals surface area contributed by atoms with E-state index in [0.29, 0.717) is 17.6 Å². The van der Waals surface area contributed by atoms with Crippen LogP contribution < -0.4 is 11.1 Å². The zero-order valence-corrected chi connectivity index (χ0v) is 14.4. The van der Waals surface area contributed by atoms with Gasteiger partial charge in [0, 0.05) is 31.0 Å². The lowest BCUT2D eigenvalue weighted by molar-refractivity contribution is 0.0937. The third kappa shape index (κ3) is 5.57. The Morgan fingerprint density at radius 3 is 2.65 bits per heavy atom. The molecule has 3 N–H and O–H groups in total. The summed E-state index contributed by atoms with van der Waals surface area (Å²) in [6.07, 6.45) is 5.76. The number of aromatic nitrogens is 2. The van der Waals surface area contributed by atoms with Gasteiger partial charge in [-0.1, -0.05) is 19.8 Å². The van der Waals surface area contributed by atoms with Crippen molar-refractivity contribution in [2.45, 2.75) is 32.2 Å². The number of nitrogens with zero attached hydrogens (tertiary/aromatic N) is 2. The van der Waals surface area contributed by atoms with E-state index < -0.39 is 5.82 Å². The van der Waals surface area contributed by atoms with E-state index in [4.69, 9.17) is 5.73 Å². The first-order valence-electron chi connectivity index (χ1n) is 7.07. The van der Waals surface area contributed by atoms with Gasteiger partial charge in [-0.15, -0.1) is 24.8 Å². The highest BCUT2D eigenvalue weighted by atomic mass is 35.5. The number of carbonyl (C=O) groups is 1. The largest absolute Gasteiger partial charge is 0.348 e. The van der Waals surface area contributed by atoms with Gasteiger partial charge in [0.15, 0.2) is 0 Å². The standard InChI is InChI=1S/C15H19FN4O.2ClH/c1-2-3-4-11(9-17)20-15(21)12-7-10(16)8-13-14(12)19-6-5-18-13;;/h5-8,11H,2-4,9,17H2,1H3,(H,20,21);2*1H. The molecule has 0 aliphatic carbocycles. The van der Waals surface area contributed by atoms with Crippen LogP contribution in [0, 0.1) is 5.82 Å². The van der Waals surface area contributed by atoms with Crippen molar-refractivity contribution in [2.75, 3.05) is 6.54 Å². The average Bonchev–Trinajstić information content (AvgIpc) is 2.50. The summed E-state index contributed by atoms with van der Waals surface area (Å²) in [4.78, 5) is 20.5. The molecule has 1 unspecified atom stereocenters. The van der Waals surface area contributed by atoms with Crippen LogP contribution in [0.2, 0.25) is 0 Å². The van der Waals surface area contributed by atoms with Gasteiger partial charge >= 0.3 is 0 Å². The van der Waals surface area contributed by atoms with Crippen LogP contribution in [0.15, 0.2) is 24.5 Å². The number of halogens is 3. The number of nitrogens with one attached hydrogen (secondary N) is 1. The van der Waals surface area contributed by atoms with Crippen LogP contribution in [0.25, 0.3) is 11.0 Å². The third-order valence-electron chi connectivity index (χ3n) is 3.31. The van der Waals surface area contributed by atoms with Crippen LogP contribution in [-0.2, 0) is 0 Å². The van der Waals surface area contributed by atoms with E-state index in [0.717, 1.165) is 19.3 Å². The summed E-state index contributed by atoms with van der Waals surface area (Å²) < 4.78 is 13.6. The monoisotopic (exact) mass is 362 g/mol. The summed E-state index contributed by atoms with van der Waals surface area (Å²) in [7, 11) is 0. The van der Waals surface area contributed by atoms with Gasteiger partial charge in [-0.25, -0.2) is 4.39 Å². The Labute approximate surface area is 147 Å². The fraction of sp³-hybridized carbons (Fsp3) is 0.400. The molecule has 0 spiro atoms. The Morgan fingerprint density at radius 2 is 2.00 bits per heavy atom. The minimum Gasteiger partial charge on any atom is -0.348 e. The minimum absolute atomic E-state index is 0. The summed E-state index contributed by atoms with van der Waals surface area (Å²) in [6, 6.07) is 2.32. The second-order valence-electron chi connectivity index (χ2n) is 4.93. The van der Waals surface area contributed by atoms with Gasteiger partial charge in [-0.2, -0.15) is 0 Å². The highest BCUT2D eigenvalue weighted by molar-refractivity contribution is 6.04.